The molecule has 4 heteroatoms. The van der Waals surface area contributed by atoms with E-state index in [1.807, 2.05) is 13.8 Å². The van der Waals surface area contributed by atoms with Gasteiger partial charge < -0.3 is 9.47 Å². The van der Waals surface area contributed by atoms with Gasteiger partial charge in [-0.15, -0.1) is 0 Å². The lowest BCUT2D eigenvalue weighted by atomic mass is 9.90. The largest absolute Gasteiger partial charge is 0.465 e. The van der Waals surface area contributed by atoms with E-state index in [0.29, 0.717) is 6.42 Å². The molecule has 1 fully saturated rings. The Labute approximate surface area is 134 Å². The highest BCUT2D eigenvalue weighted by Crippen LogP contribution is 2.33. The predicted octanol–water partition coefficient (Wildman–Crippen LogP) is 4.40. The topological polar surface area (TPSA) is 55.9 Å². The normalized spacial score (nSPS) is 17.2. The lowest BCUT2D eigenvalue weighted by Crippen LogP contribution is -2.28. The van der Waals surface area contributed by atoms with Crippen LogP contribution in [0.2, 0.25) is 0 Å². The zero-order chi connectivity index (χ0) is 16.4. The second kappa shape index (κ2) is 9.86. The molecule has 0 aromatic rings. The quantitative estimate of drug-likeness (QED) is 0.287. The van der Waals surface area contributed by atoms with Crippen LogP contribution in [-0.2, 0) is 19.1 Å². The van der Waals surface area contributed by atoms with Crippen molar-refractivity contribution >= 4 is 11.9 Å². The first-order chi connectivity index (χ1) is 10.5. The van der Waals surface area contributed by atoms with Gasteiger partial charge in [-0.05, 0) is 6.42 Å². The molecular formula is C18H32O4. The van der Waals surface area contributed by atoms with Crippen LogP contribution in [-0.4, -0.2) is 24.6 Å². The first-order valence-corrected chi connectivity index (χ1v) is 8.83. The summed E-state index contributed by atoms with van der Waals surface area (Å²) in [4.78, 5) is 22.6. The molecule has 1 aliphatic heterocycles. The fourth-order valence-corrected chi connectivity index (χ4v) is 2.56. The Morgan fingerprint density at radius 3 is 2.05 bits per heavy atom. The molecular weight excluding hydrogens is 280 g/mol. The molecule has 0 amide bonds. The number of unbranched alkanes of at least 4 members (excludes halogenated alkanes) is 8. The maximum atomic E-state index is 11.7. The van der Waals surface area contributed by atoms with Gasteiger partial charge in [-0.2, -0.15) is 0 Å². The third-order valence-electron chi connectivity index (χ3n) is 4.19. The molecule has 0 aliphatic carbocycles. The van der Waals surface area contributed by atoms with E-state index < -0.39 is 11.5 Å². The Balaban J connectivity index is 1.92. The van der Waals surface area contributed by atoms with Crippen molar-refractivity contribution in [3.63, 3.8) is 0 Å². The van der Waals surface area contributed by atoms with Crippen LogP contribution in [0.3, 0.4) is 0 Å². The van der Waals surface area contributed by atoms with Crippen molar-refractivity contribution < 1.29 is 19.1 Å². The van der Waals surface area contributed by atoms with Crippen LogP contribution in [0.1, 0.15) is 85.0 Å². The van der Waals surface area contributed by atoms with Gasteiger partial charge in [0, 0.05) is 11.8 Å². The zero-order valence-electron chi connectivity index (χ0n) is 14.5. The third-order valence-corrected chi connectivity index (χ3v) is 4.19. The minimum atomic E-state index is -0.411. The van der Waals surface area contributed by atoms with Crippen molar-refractivity contribution in [2.75, 3.05) is 6.61 Å². The van der Waals surface area contributed by atoms with Crippen LogP contribution in [0.4, 0.5) is 0 Å². The van der Waals surface area contributed by atoms with Crippen LogP contribution >= 0.6 is 0 Å². The van der Waals surface area contributed by atoms with Crippen LogP contribution in [0, 0.1) is 5.41 Å². The second-order valence-corrected chi connectivity index (χ2v) is 7.04. The third kappa shape index (κ3) is 7.81. The van der Waals surface area contributed by atoms with Gasteiger partial charge in [0.1, 0.15) is 6.61 Å². The first-order valence-electron chi connectivity index (χ1n) is 8.83. The van der Waals surface area contributed by atoms with E-state index in [1.165, 1.54) is 44.9 Å². The van der Waals surface area contributed by atoms with Crippen molar-refractivity contribution in [1.82, 2.24) is 0 Å². The number of carbonyl (C=O) groups excluding carboxylic acids is 2. The summed E-state index contributed by atoms with van der Waals surface area (Å²) in [7, 11) is 0. The van der Waals surface area contributed by atoms with E-state index in [9.17, 15) is 9.59 Å². The van der Waals surface area contributed by atoms with Crippen molar-refractivity contribution in [2.24, 2.45) is 5.41 Å². The summed E-state index contributed by atoms with van der Waals surface area (Å²) in [6.07, 6.45) is 11.2. The summed E-state index contributed by atoms with van der Waals surface area (Å²) in [5.74, 6) is -0.357. The molecule has 4 nitrogen and oxygen atoms in total. The number of carbonyl (C=O) groups is 2. The fraction of sp³-hybridized carbons (Fsp3) is 0.889. The summed E-state index contributed by atoms with van der Waals surface area (Å²) in [5, 5.41) is 0. The van der Waals surface area contributed by atoms with Gasteiger partial charge in [-0.1, -0.05) is 72.1 Å². The highest BCUT2D eigenvalue weighted by molar-refractivity contribution is 5.88. The van der Waals surface area contributed by atoms with E-state index >= 15 is 0 Å². The summed E-state index contributed by atoms with van der Waals surface area (Å²) < 4.78 is 10.1. The zero-order valence-corrected chi connectivity index (χ0v) is 14.5. The maximum Gasteiger partial charge on any atom is 0.349 e. The molecule has 1 atom stereocenters. The summed E-state index contributed by atoms with van der Waals surface area (Å²) in [6, 6.07) is 0. The van der Waals surface area contributed by atoms with Crippen molar-refractivity contribution in [2.45, 2.75) is 91.1 Å². The van der Waals surface area contributed by atoms with Gasteiger partial charge in [0.2, 0.25) is 6.10 Å². The van der Waals surface area contributed by atoms with Crippen LogP contribution in [0.15, 0.2) is 0 Å². The number of cyclic esters (lactones) is 1. The molecule has 0 saturated carbocycles. The van der Waals surface area contributed by atoms with Gasteiger partial charge in [0.05, 0.1) is 0 Å². The summed E-state index contributed by atoms with van der Waals surface area (Å²) in [5.41, 5.74) is -0.411. The number of epoxide rings is 1. The summed E-state index contributed by atoms with van der Waals surface area (Å²) >= 11 is 0. The molecule has 0 bridgehead atoms. The number of hydrogen-bond acceptors (Lipinski definition) is 4. The van der Waals surface area contributed by atoms with Gasteiger partial charge in [0.25, 0.3) is 0 Å². The van der Waals surface area contributed by atoms with Gasteiger partial charge in [-0.25, -0.2) is 4.79 Å². The highest BCUT2D eigenvalue weighted by Gasteiger charge is 2.51. The Morgan fingerprint density at radius 2 is 1.55 bits per heavy atom. The number of hydrogen-bond donors (Lipinski definition) is 0. The Hall–Kier alpha value is -1.06. The molecule has 0 aromatic carbocycles. The van der Waals surface area contributed by atoms with E-state index in [-0.39, 0.29) is 18.5 Å². The van der Waals surface area contributed by atoms with Crippen LogP contribution in [0.5, 0.6) is 0 Å². The second-order valence-electron chi connectivity index (χ2n) is 7.04. The maximum absolute atomic E-state index is 11.7. The van der Waals surface area contributed by atoms with Crippen molar-refractivity contribution in [3.05, 3.63) is 0 Å². The molecule has 1 rings (SSSR count). The molecule has 22 heavy (non-hydrogen) atoms. The molecule has 0 N–H and O–H groups in total. The summed E-state index contributed by atoms with van der Waals surface area (Å²) in [6.45, 7) is 6.25. The molecule has 0 aromatic heterocycles. The van der Waals surface area contributed by atoms with Gasteiger partial charge in [-0.3, -0.25) is 4.79 Å². The van der Waals surface area contributed by atoms with Gasteiger partial charge >= 0.3 is 11.9 Å². The highest BCUT2D eigenvalue weighted by atomic mass is 16.6. The predicted molar refractivity (Wildman–Crippen MR) is 86.5 cm³/mol. The van der Waals surface area contributed by atoms with E-state index in [2.05, 4.69) is 6.92 Å². The monoisotopic (exact) mass is 312 g/mol. The smallest absolute Gasteiger partial charge is 0.349 e. The molecule has 1 aliphatic rings. The lowest BCUT2D eigenvalue weighted by Gasteiger charge is -2.19. The minimum Gasteiger partial charge on any atom is -0.465 e. The number of esters is 1. The molecule has 1 saturated heterocycles. The average molecular weight is 312 g/mol. The Bertz CT molecular complexity index is 349. The molecule has 0 spiro atoms. The van der Waals surface area contributed by atoms with E-state index in [1.54, 1.807) is 0 Å². The number of rotatable bonds is 13. The van der Waals surface area contributed by atoms with E-state index in [4.69, 9.17) is 9.47 Å². The molecule has 0 radical (unpaired) electrons. The number of ether oxygens (including phenoxy) is 2. The first kappa shape index (κ1) is 19.0. The Morgan fingerprint density at radius 1 is 1.05 bits per heavy atom. The van der Waals surface area contributed by atoms with Gasteiger partial charge in [0.15, 0.2) is 0 Å². The minimum absolute atomic E-state index is 0.163. The van der Waals surface area contributed by atoms with Crippen LogP contribution in [0.25, 0.3) is 0 Å². The van der Waals surface area contributed by atoms with Crippen molar-refractivity contribution in [3.8, 4) is 0 Å². The van der Waals surface area contributed by atoms with Crippen molar-refractivity contribution in [1.29, 1.82) is 0 Å². The molecule has 1 heterocycles. The fourth-order valence-electron chi connectivity index (χ4n) is 2.56. The molecule has 128 valence electrons. The van der Waals surface area contributed by atoms with E-state index in [0.717, 1.165) is 12.8 Å². The SMILES string of the molecule is CCCCCCCCCCCC(=O)OCC(C)(C)C1OC1=O. The Kier molecular flexibility index (Phi) is 8.51. The molecule has 1 unspecified atom stereocenters. The average Bonchev–Trinajstić information content (AvgIpc) is 3.21. The van der Waals surface area contributed by atoms with Crippen LogP contribution < -0.4 is 0 Å². The lowest BCUT2D eigenvalue weighted by molar-refractivity contribution is -0.147. The standard InChI is InChI=1S/C18H32O4/c1-4-5-6-7-8-9-10-11-12-13-15(19)21-14-18(2,3)16-17(20)22-16/h16H,4-14H2,1-3H3.